The van der Waals surface area contributed by atoms with Crippen LogP contribution in [-0.4, -0.2) is 30.1 Å². The third-order valence-electron chi connectivity index (χ3n) is 1.92. The van der Waals surface area contributed by atoms with Gasteiger partial charge in [-0.1, -0.05) is 0 Å². The summed E-state index contributed by atoms with van der Waals surface area (Å²) in [7, 11) is -3.80. The smallest absolute Gasteiger partial charge is 0.339 e. The van der Waals surface area contributed by atoms with E-state index in [1.807, 2.05) is 0 Å². The predicted molar refractivity (Wildman–Crippen MR) is 70.5 cm³/mol. The second-order valence-electron chi connectivity index (χ2n) is 4.99. The van der Waals surface area contributed by atoms with E-state index in [4.69, 9.17) is 5.11 Å². The van der Waals surface area contributed by atoms with Crippen molar-refractivity contribution in [1.82, 2.24) is 4.72 Å². The molecule has 0 amide bonds. The molecule has 19 heavy (non-hydrogen) atoms. The number of aromatic carboxylic acids is 1. The van der Waals surface area contributed by atoms with Crippen LogP contribution in [0.5, 0.6) is 5.75 Å². The molecule has 0 aromatic heterocycles. The highest BCUT2D eigenvalue weighted by atomic mass is 32.2. The maximum absolute atomic E-state index is 11.7. The predicted octanol–water partition coefficient (Wildman–Crippen LogP) is 1.14. The molecule has 0 aliphatic heterocycles. The van der Waals surface area contributed by atoms with Crippen LogP contribution >= 0.6 is 0 Å². The molecule has 0 atom stereocenters. The van der Waals surface area contributed by atoms with Gasteiger partial charge in [0.15, 0.2) is 0 Å². The lowest BCUT2D eigenvalue weighted by atomic mass is 10.1. The molecule has 106 valence electrons. The number of phenols is 1. The lowest BCUT2D eigenvalue weighted by Gasteiger charge is -2.21. The molecule has 1 aromatic carbocycles. The molecule has 0 saturated heterocycles. The Morgan fingerprint density at radius 1 is 1.26 bits per heavy atom. The van der Waals surface area contributed by atoms with Crippen LogP contribution in [-0.2, 0) is 10.2 Å². The Bertz CT molecular complexity index is 590. The lowest BCUT2D eigenvalue weighted by Crippen LogP contribution is -2.43. The molecule has 0 aliphatic carbocycles. The Morgan fingerprint density at radius 3 is 2.26 bits per heavy atom. The van der Waals surface area contributed by atoms with Crippen LogP contribution in [0, 0.1) is 0 Å². The Labute approximate surface area is 111 Å². The highest BCUT2D eigenvalue weighted by molar-refractivity contribution is 7.90. The van der Waals surface area contributed by atoms with Crippen LogP contribution in [0.15, 0.2) is 18.2 Å². The average molecular weight is 288 g/mol. The van der Waals surface area contributed by atoms with Crippen LogP contribution in [0.2, 0.25) is 0 Å². The van der Waals surface area contributed by atoms with Crippen molar-refractivity contribution in [3.8, 4) is 5.75 Å². The van der Waals surface area contributed by atoms with Crippen molar-refractivity contribution in [2.75, 3.05) is 4.72 Å². The molecule has 4 N–H and O–H groups in total. The van der Waals surface area contributed by atoms with Crippen molar-refractivity contribution >= 4 is 21.9 Å². The minimum Gasteiger partial charge on any atom is -0.507 e. The summed E-state index contributed by atoms with van der Waals surface area (Å²) in [5.74, 6) is -1.80. The molecule has 7 nitrogen and oxygen atoms in total. The van der Waals surface area contributed by atoms with E-state index in [0.717, 1.165) is 12.1 Å². The largest absolute Gasteiger partial charge is 0.507 e. The van der Waals surface area contributed by atoms with Crippen LogP contribution < -0.4 is 9.44 Å². The van der Waals surface area contributed by atoms with Gasteiger partial charge in [-0.3, -0.25) is 4.72 Å². The minimum absolute atomic E-state index is 0.0688. The molecule has 0 radical (unpaired) electrons. The number of carboxylic acids is 1. The molecule has 1 rings (SSSR count). The second kappa shape index (κ2) is 5.06. The molecule has 0 unspecified atom stereocenters. The maximum atomic E-state index is 11.7. The molecular weight excluding hydrogens is 272 g/mol. The Hall–Kier alpha value is -1.80. The van der Waals surface area contributed by atoms with E-state index >= 15 is 0 Å². The van der Waals surface area contributed by atoms with Crippen LogP contribution in [0.25, 0.3) is 0 Å². The number of carbonyl (C=O) groups is 1. The van der Waals surface area contributed by atoms with E-state index in [2.05, 4.69) is 9.44 Å². The summed E-state index contributed by atoms with van der Waals surface area (Å²) < 4.78 is 28.0. The van der Waals surface area contributed by atoms with Crippen LogP contribution in [0.4, 0.5) is 5.69 Å². The third-order valence-corrected chi connectivity index (χ3v) is 3.31. The molecule has 8 heteroatoms. The fraction of sp³-hybridized carbons (Fsp3) is 0.364. The summed E-state index contributed by atoms with van der Waals surface area (Å²) in [5, 5.41) is 18.2. The topological polar surface area (TPSA) is 116 Å². The van der Waals surface area contributed by atoms with Gasteiger partial charge in [-0.2, -0.15) is 13.1 Å². The summed E-state index contributed by atoms with van der Waals surface area (Å²) in [6, 6.07) is 3.41. The van der Waals surface area contributed by atoms with Gasteiger partial charge < -0.3 is 10.2 Å². The van der Waals surface area contributed by atoms with E-state index in [1.165, 1.54) is 6.07 Å². The third kappa shape index (κ3) is 4.76. The van der Waals surface area contributed by atoms with Crippen molar-refractivity contribution in [3.05, 3.63) is 23.8 Å². The van der Waals surface area contributed by atoms with Gasteiger partial charge in [0.05, 0.1) is 5.69 Å². The maximum Gasteiger partial charge on any atom is 0.339 e. The Kier molecular flexibility index (Phi) is 4.06. The van der Waals surface area contributed by atoms with Crippen molar-refractivity contribution in [2.24, 2.45) is 0 Å². The number of aromatic hydroxyl groups is 1. The highest BCUT2D eigenvalue weighted by Crippen LogP contribution is 2.22. The van der Waals surface area contributed by atoms with Gasteiger partial charge in [-0.05, 0) is 32.9 Å². The normalized spacial score (nSPS) is 12.2. The molecule has 0 saturated carbocycles. The molecule has 0 heterocycles. The number of carboxylic acid groups (broad SMARTS) is 1. The lowest BCUT2D eigenvalue weighted by molar-refractivity contribution is 0.0694. The Balaban J connectivity index is 2.95. The first-order valence-corrected chi connectivity index (χ1v) is 6.86. The standard InChI is InChI=1S/C11H16N2O5S/c1-11(2,3)13-19(17,18)12-7-4-5-8(10(15)16)9(14)6-7/h4-6,12-14H,1-3H3,(H,15,16). The average Bonchev–Trinajstić information content (AvgIpc) is 2.11. The molecule has 0 spiro atoms. The molecule has 0 aliphatic rings. The van der Waals surface area contributed by atoms with Gasteiger partial charge >= 0.3 is 5.97 Å². The quantitative estimate of drug-likeness (QED) is 0.663. The summed E-state index contributed by atoms with van der Waals surface area (Å²) >= 11 is 0. The minimum atomic E-state index is -3.80. The van der Waals surface area contributed by atoms with Crippen LogP contribution in [0.1, 0.15) is 31.1 Å². The van der Waals surface area contributed by atoms with E-state index < -0.39 is 27.5 Å². The van der Waals surface area contributed by atoms with E-state index in [1.54, 1.807) is 20.8 Å². The Morgan fingerprint density at radius 2 is 1.84 bits per heavy atom. The SMILES string of the molecule is CC(C)(C)NS(=O)(=O)Nc1ccc(C(=O)O)c(O)c1. The fourth-order valence-electron chi connectivity index (χ4n) is 1.36. The number of nitrogens with one attached hydrogen (secondary N) is 2. The number of hydrogen-bond acceptors (Lipinski definition) is 4. The first-order chi connectivity index (χ1) is 8.50. The molecule has 0 bridgehead atoms. The van der Waals surface area contributed by atoms with Gasteiger partial charge in [0.1, 0.15) is 11.3 Å². The van der Waals surface area contributed by atoms with Gasteiger partial charge in [0.2, 0.25) is 0 Å². The molecular formula is C11H16N2O5S. The molecule has 1 aromatic rings. The van der Waals surface area contributed by atoms with E-state index in [0.29, 0.717) is 0 Å². The van der Waals surface area contributed by atoms with Crippen molar-refractivity contribution < 1.29 is 23.4 Å². The first-order valence-electron chi connectivity index (χ1n) is 5.38. The summed E-state index contributed by atoms with van der Waals surface area (Å²) in [5.41, 5.74) is -0.888. The number of anilines is 1. The van der Waals surface area contributed by atoms with E-state index in [9.17, 15) is 18.3 Å². The fourth-order valence-corrected chi connectivity index (χ4v) is 2.65. The summed E-state index contributed by atoms with van der Waals surface area (Å²) in [6.07, 6.45) is 0. The van der Waals surface area contributed by atoms with Crippen molar-refractivity contribution in [1.29, 1.82) is 0 Å². The number of benzene rings is 1. The van der Waals surface area contributed by atoms with Crippen molar-refractivity contribution in [3.63, 3.8) is 0 Å². The van der Waals surface area contributed by atoms with E-state index in [-0.39, 0.29) is 11.3 Å². The monoisotopic (exact) mass is 288 g/mol. The van der Waals surface area contributed by atoms with Gasteiger partial charge in [-0.25, -0.2) is 4.79 Å². The van der Waals surface area contributed by atoms with Gasteiger partial charge in [0, 0.05) is 11.6 Å². The first kappa shape index (κ1) is 15.3. The zero-order valence-electron chi connectivity index (χ0n) is 10.8. The number of rotatable bonds is 4. The second-order valence-corrected chi connectivity index (χ2v) is 6.41. The highest BCUT2D eigenvalue weighted by Gasteiger charge is 2.20. The summed E-state index contributed by atoms with van der Waals surface area (Å²) in [4.78, 5) is 10.7. The van der Waals surface area contributed by atoms with Crippen molar-refractivity contribution in [2.45, 2.75) is 26.3 Å². The van der Waals surface area contributed by atoms with Gasteiger partial charge in [0.25, 0.3) is 10.2 Å². The zero-order valence-corrected chi connectivity index (χ0v) is 11.6. The van der Waals surface area contributed by atoms with Crippen LogP contribution in [0.3, 0.4) is 0 Å². The number of hydrogen-bond donors (Lipinski definition) is 4. The molecule has 0 fully saturated rings. The zero-order chi connectivity index (χ0) is 14.8. The summed E-state index contributed by atoms with van der Waals surface area (Å²) in [6.45, 7) is 5.03. The van der Waals surface area contributed by atoms with Gasteiger partial charge in [-0.15, -0.1) is 0 Å².